The van der Waals surface area contributed by atoms with E-state index in [-0.39, 0.29) is 24.0 Å². The largest absolute Gasteiger partial charge is 0.372 e. The van der Waals surface area contributed by atoms with Crippen LogP contribution in [0.25, 0.3) is 0 Å². The van der Waals surface area contributed by atoms with Gasteiger partial charge in [-0.3, -0.25) is 9.59 Å². The van der Waals surface area contributed by atoms with Crippen LogP contribution in [0.5, 0.6) is 0 Å². The summed E-state index contributed by atoms with van der Waals surface area (Å²) in [5.41, 5.74) is 2.43. The molecule has 6 heteroatoms. The Morgan fingerprint density at radius 3 is 2.46 bits per heavy atom. The summed E-state index contributed by atoms with van der Waals surface area (Å²) in [5.74, 6) is -0.151. The van der Waals surface area contributed by atoms with Crippen LogP contribution < -0.4 is 5.32 Å². The first kappa shape index (κ1) is 19.2. The lowest BCUT2D eigenvalue weighted by Gasteiger charge is -2.35. The average Bonchev–Trinajstić information content (AvgIpc) is 3.05. The number of carbonyl (C=O) groups is 2. The Morgan fingerprint density at radius 2 is 1.75 bits per heavy atom. The summed E-state index contributed by atoms with van der Waals surface area (Å²) in [6.07, 6.45) is 4.15. The maximum absolute atomic E-state index is 13.5. The molecule has 1 aliphatic heterocycles. The quantitative estimate of drug-likeness (QED) is 0.846. The van der Waals surface area contributed by atoms with Gasteiger partial charge < -0.3 is 15.0 Å². The summed E-state index contributed by atoms with van der Waals surface area (Å²) in [6.45, 7) is 5.16. The van der Waals surface area contributed by atoms with Crippen LogP contribution in [0.1, 0.15) is 57.8 Å². The lowest BCUT2D eigenvalue weighted by atomic mass is 9.94. The summed E-state index contributed by atoms with van der Waals surface area (Å²) in [5, 5.41) is 3.72. The highest BCUT2D eigenvalue weighted by Crippen LogP contribution is 2.39. The van der Waals surface area contributed by atoms with Crippen LogP contribution in [0.3, 0.4) is 0 Å². The number of ether oxygens (including phenoxy) is 1. The van der Waals surface area contributed by atoms with E-state index in [9.17, 15) is 9.59 Å². The molecule has 0 spiro atoms. The van der Waals surface area contributed by atoms with E-state index < -0.39 is 0 Å². The molecule has 2 amide bonds. The molecule has 2 aliphatic rings. The molecule has 2 unspecified atom stereocenters. The summed E-state index contributed by atoms with van der Waals surface area (Å²) in [4.78, 5) is 29.3. The van der Waals surface area contributed by atoms with Gasteiger partial charge in [-0.25, -0.2) is 0 Å². The Labute approximate surface area is 169 Å². The SMILES string of the molecule is CC1CN(C(=O)c2c(NC(=O)c3ccccc3)sc3c2CCCC3)CC(C)O1. The molecule has 1 fully saturated rings. The smallest absolute Gasteiger partial charge is 0.257 e. The van der Waals surface area contributed by atoms with Gasteiger partial charge in [0.2, 0.25) is 0 Å². The number of thiophene rings is 1. The molecule has 1 aliphatic carbocycles. The molecule has 0 bridgehead atoms. The van der Waals surface area contributed by atoms with E-state index in [0.29, 0.717) is 29.2 Å². The molecule has 1 saturated heterocycles. The number of hydrogen-bond acceptors (Lipinski definition) is 4. The maximum Gasteiger partial charge on any atom is 0.257 e. The van der Waals surface area contributed by atoms with Crippen molar-refractivity contribution in [2.45, 2.75) is 51.7 Å². The lowest BCUT2D eigenvalue weighted by Crippen LogP contribution is -2.48. The van der Waals surface area contributed by atoms with Gasteiger partial charge >= 0.3 is 0 Å². The normalized spacial score (nSPS) is 21.9. The van der Waals surface area contributed by atoms with Crippen LogP contribution >= 0.6 is 11.3 Å². The van der Waals surface area contributed by atoms with Crippen molar-refractivity contribution in [1.29, 1.82) is 0 Å². The van der Waals surface area contributed by atoms with Gasteiger partial charge in [-0.05, 0) is 57.2 Å². The Balaban J connectivity index is 1.66. The first-order valence-corrected chi connectivity index (χ1v) is 10.8. The summed E-state index contributed by atoms with van der Waals surface area (Å²) >= 11 is 1.57. The van der Waals surface area contributed by atoms with Gasteiger partial charge in [0.05, 0.1) is 17.8 Å². The predicted molar refractivity (Wildman–Crippen MR) is 111 cm³/mol. The minimum atomic E-state index is -0.169. The summed E-state index contributed by atoms with van der Waals surface area (Å²) in [6, 6.07) is 9.15. The van der Waals surface area contributed by atoms with Crippen molar-refractivity contribution in [3.63, 3.8) is 0 Å². The van der Waals surface area contributed by atoms with E-state index in [1.54, 1.807) is 23.5 Å². The van der Waals surface area contributed by atoms with Gasteiger partial charge in [0.25, 0.3) is 11.8 Å². The number of anilines is 1. The van der Waals surface area contributed by atoms with Crippen LogP contribution in [0.2, 0.25) is 0 Å². The zero-order valence-corrected chi connectivity index (χ0v) is 17.2. The number of hydrogen-bond donors (Lipinski definition) is 1. The van der Waals surface area contributed by atoms with Crippen LogP contribution in [0.15, 0.2) is 30.3 Å². The number of nitrogens with one attached hydrogen (secondary N) is 1. The highest BCUT2D eigenvalue weighted by atomic mass is 32.1. The van der Waals surface area contributed by atoms with Crippen molar-refractivity contribution in [2.75, 3.05) is 18.4 Å². The van der Waals surface area contributed by atoms with E-state index in [1.165, 1.54) is 4.88 Å². The van der Waals surface area contributed by atoms with Gasteiger partial charge in [0, 0.05) is 23.5 Å². The first-order valence-electron chi connectivity index (χ1n) is 9.98. The van der Waals surface area contributed by atoms with Gasteiger partial charge in [-0.2, -0.15) is 0 Å². The van der Waals surface area contributed by atoms with E-state index in [1.807, 2.05) is 36.9 Å². The zero-order chi connectivity index (χ0) is 19.7. The van der Waals surface area contributed by atoms with Crippen LogP contribution in [0, 0.1) is 0 Å². The molecule has 2 atom stereocenters. The second kappa shape index (κ2) is 8.05. The van der Waals surface area contributed by atoms with E-state index in [4.69, 9.17) is 4.74 Å². The molecule has 2 aromatic rings. The second-order valence-electron chi connectivity index (χ2n) is 7.70. The fraction of sp³-hybridized carbons (Fsp3) is 0.455. The number of aryl methyl sites for hydroxylation is 1. The van der Waals surface area contributed by atoms with Crippen LogP contribution in [-0.2, 0) is 17.6 Å². The van der Waals surface area contributed by atoms with Gasteiger partial charge in [0.15, 0.2) is 0 Å². The van der Waals surface area contributed by atoms with Gasteiger partial charge in [0.1, 0.15) is 5.00 Å². The van der Waals surface area contributed by atoms with Crippen molar-refractivity contribution in [3.8, 4) is 0 Å². The third-order valence-corrected chi connectivity index (χ3v) is 6.56. The number of morpholine rings is 1. The molecule has 2 heterocycles. The first-order chi connectivity index (χ1) is 13.5. The van der Waals surface area contributed by atoms with E-state index in [2.05, 4.69) is 5.32 Å². The maximum atomic E-state index is 13.5. The third-order valence-electron chi connectivity index (χ3n) is 5.36. The van der Waals surface area contributed by atoms with Crippen LogP contribution in [0.4, 0.5) is 5.00 Å². The van der Waals surface area contributed by atoms with Gasteiger partial charge in [-0.1, -0.05) is 18.2 Å². The topological polar surface area (TPSA) is 58.6 Å². The van der Waals surface area contributed by atoms with Crippen LogP contribution in [-0.4, -0.2) is 42.0 Å². The Bertz CT molecular complexity index is 867. The number of nitrogens with zero attached hydrogens (tertiary/aromatic N) is 1. The Morgan fingerprint density at radius 1 is 1.07 bits per heavy atom. The summed E-state index contributed by atoms with van der Waals surface area (Å²) < 4.78 is 5.79. The second-order valence-corrected chi connectivity index (χ2v) is 8.81. The molecular formula is C22H26N2O3S. The highest BCUT2D eigenvalue weighted by molar-refractivity contribution is 7.17. The van der Waals surface area contributed by atoms with Crippen molar-refractivity contribution in [2.24, 2.45) is 0 Å². The molecule has 1 N–H and O–H groups in total. The highest BCUT2D eigenvalue weighted by Gasteiger charge is 2.32. The Hall–Kier alpha value is -2.18. The molecule has 5 nitrogen and oxygen atoms in total. The molecule has 4 rings (SSSR count). The third kappa shape index (κ3) is 3.84. The van der Waals surface area contributed by atoms with Crippen molar-refractivity contribution in [3.05, 3.63) is 51.9 Å². The van der Waals surface area contributed by atoms with E-state index >= 15 is 0 Å². The average molecular weight is 399 g/mol. The Kier molecular flexibility index (Phi) is 5.51. The van der Waals surface area contributed by atoms with Crippen molar-refractivity contribution >= 4 is 28.2 Å². The fourth-order valence-corrected chi connectivity index (χ4v) is 5.42. The molecule has 0 radical (unpaired) electrons. The number of benzene rings is 1. The number of fused-ring (bicyclic) bond motifs is 1. The van der Waals surface area contributed by atoms with Crippen molar-refractivity contribution in [1.82, 2.24) is 4.90 Å². The molecule has 28 heavy (non-hydrogen) atoms. The summed E-state index contributed by atoms with van der Waals surface area (Å²) in [7, 11) is 0. The predicted octanol–water partition coefficient (Wildman–Crippen LogP) is 4.13. The monoisotopic (exact) mass is 398 g/mol. The molecular weight excluding hydrogens is 372 g/mol. The van der Waals surface area contributed by atoms with E-state index in [0.717, 1.165) is 31.2 Å². The molecule has 148 valence electrons. The molecule has 1 aromatic carbocycles. The minimum absolute atomic E-state index is 0.0181. The van der Waals surface area contributed by atoms with Gasteiger partial charge in [-0.15, -0.1) is 11.3 Å². The standard InChI is InChI=1S/C22H26N2O3S/c1-14-12-24(13-15(2)27-14)22(26)19-17-10-6-7-11-18(17)28-21(19)23-20(25)16-8-4-3-5-9-16/h3-5,8-9,14-15H,6-7,10-13H2,1-2H3,(H,23,25). The fourth-order valence-electron chi connectivity index (χ4n) is 4.15. The lowest BCUT2D eigenvalue weighted by molar-refractivity contribution is -0.0586. The molecule has 1 aromatic heterocycles. The zero-order valence-electron chi connectivity index (χ0n) is 16.4. The van der Waals surface area contributed by atoms with Crippen molar-refractivity contribution < 1.29 is 14.3 Å². The number of amides is 2. The molecule has 0 saturated carbocycles. The minimum Gasteiger partial charge on any atom is -0.372 e. The number of rotatable bonds is 3. The number of carbonyl (C=O) groups excluding carboxylic acids is 2.